The van der Waals surface area contributed by atoms with Crippen LogP contribution < -0.4 is 11.1 Å². The van der Waals surface area contributed by atoms with Gasteiger partial charge in [-0.2, -0.15) is 5.10 Å². The van der Waals surface area contributed by atoms with Crippen molar-refractivity contribution in [3.63, 3.8) is 0 Å². The van der Waals surface area contributed by atoms with Crippen LogP contribution in [0.5, 0.6) is 0 Å². The van der Waals surface area contributed by atoms with Crippen molar-refractivity contribution in [3.8, 4) is 5.69 Å². The molecule has 1 aromatic carbocycles. The quantitative estimate of drug-likeness (QED) is 0.409. The smallest absolute Gasteiger partial charge is 0.188 e. The highest BCUT2D eigenvalue weighted by Gasteiger charge is 2.12. The molecular weight excluding hydrogens is 413 g/mol. The Balaban J connectivity index is 0.00000288. The Labute approximate surface area is 161 Å². The number of hydrogen-bond acceptors (Lipinski definition) is 2. The molecule has 0 saturated heterocycles. The van der Waals surface area contributed by atoms with E-state index in [2.05, 4.69) is 36.2 Å². The lowest BCUT2D eigenvalue weighted by Crippen LogP contribution is -2.32. The molecule has 0 aliphatic rings. The molecule has 0 unspecified atom stereocenters. The monoisotopic (exact) mass is 441 g/mol. The Kier molecular flexibility index (Phi) is 8.24. The van der Waals surface area contributed by atoms with Crippen LogP contribution in [0.25, 0.3) is 5.69 Å². The average molecular weight is 441 g/mol. The largest absolute Gasteiger partial charge is 0.370 e. The topological polar surface area (TPSA) is 68.2 Å². The summed E-state index contributed by atoms with van der Waals surface area (Å²) in [4.78, 5) is 4.45. The van der Waals surface area contributed by atoms with Crippen molar-refractivity contribution in [1.29, 1.82) is 0 Å². The van der Waals surface area contributed by atoms with Gasteiger partial charge >= 0.3 is 0 Å². The molecule has 5 nitrogen and oxygen atoms in total. The number of aryl methyl sites for hydroxylation is 1. The van der Waals surface area contributed by atoms with E-state index in [1.54, 1.807) is 0 Å². The fraction of sp³-hybridized carbons (Fsp3) is 0.444. The Morgan fingerprint density at radius 2 is 1.92 bits per heavy atom. The van der Waals surface area contributed by atoms with Crippen LogP contribution in [-0.2, 0) is 6.54 Å². The van der Waals surface area contributed by atoms with Crippen LogP contribution >= 0.6 is 24.0 Å². The van der Waals surface area contributed by atoms with E-state index in [0.29, 0.717) is 18.4 Å². The summed E-state index contributed by atoms with van der Waals surface area (Å²) in [6, 6.07) is 10.1. The summed E-state index contributed by atoms with van der Waals surface area (Å²) in [7, 11) is 0. The van der Waals surface area contributed by atoms with Gasteiger partial charge in [0.1, 0.15) is 0 Å². The molecule has 0 aliphatic carbocycles. The van der Waals surface area contributed by atoms with Gasteiger partial charge in [-0.1, -0.05) is 32.0 Å². The van der Waals surface area contributed by atoms with Crippen LogP contribution in [0.15, 0.2) is 35.3 Å². The standard InChI is InChI=1S/C18H27N5.HI/c1-13(2)10-11-20-18(19)21-12-17-14(3)22-23(15(17)4)16-8-6-5-7-9-16;/h5-9,13H,10-12H2,1-4H3,(H3,19,20,21);1H. The number of nitrogens with zero attached hydrogens (tertiary/aromatic N) is 3. The normalized spacial score (nSPS) is 11.5. The van der Waals surface area contributed by atoms with Gasteiger partial charge in [0.25, 0.3) is 0 Å². The first-order valence-electron chi connectivity index (χ1n) is 8.13. The van der Waals surface area contributed by atoms with Crippen LogP contribution in [-0.4, -0.2) is 22.3 Å². The van der Waals surface area contributed by atoms with Gasteiger partial charge in [0.2, 0.25) is 0 Å². The third-order valence-corrected chi connectivity index (χ3v) is 3.88. The minimum Gasteiger partial charge on any atom is -0.370 e. The molecule has 0 amide bonds. The van der Waals surface area contributed by atoms with Gasteiger partial charge in [-0.3, -0.25) is 0 Å². The molecule has 24 heavy (non-hydrogen) atoms. The Hall–Kier alpha value is -1.57. The number of halogens is 1. The van der Waals surface area contributed by atoms with Crippen molar-refractivity contribution in [3.05, 3.63) is 47.3 Å². The van der Waals surface area contributed by atoms with E-state index >= 15 is 0 Å². The average Bonchev–Trinajstić information content (AvgIpc) is 2.80. The minimum atomic E-state index is 0. The van der Waals surface area contributed by atoms with Crippen LogP contribution in [0, 0.1) is 19.8 Å². The van der Waals surface area contributed by atoms with E-state index in [-0.39, 0.29) is 24.0 Å². The summed E-state index contributed by atoms with van der Waals surface area (Å²) < 4.78 is 1.96. The van der Waals surface area contributed by atoms with E-state index in [0.717, 1.165) is 35.6 Å². The Morgan fingerprint density at radius 1 is 1.25 bits per heavy atom. The number of para-hydroxylation sites is 1. The summed E-state index contributed by atoms with van der Waals surface area (Å²) in [5.74, 6) is 1.15. The lowest BCUT2D eigenvalue weighted by atomic mass is 10.1. The molecule has 3 N–H and O–H groups in total. The molecule has 0 bridgehead atoms. The molecular formula is C18H28IN5. The van der Waals surface area contributed by atoms with Gasteiger partial charge < -0.3 is 11.1 Å². The molecule has 0 spiro atoms. The molecule has 0 aliphatic heterocycles. The third kappa shape index (κ3) is 5.51. The highest BCUT2D eigenvalue weighted by molar-refractivity contribution is 14.0. The van der Waals surface area contributed by atoms with Gasteiger partial charge in [-0.15, -0.1) is 24.0 Å². The van der Waals surface area contributed by atoms with Crippen LogP contribution in [0.2, 0.25) is 0 Å². The predicted octanol–water partition coefficient (Wildman–Crippen LogP) is 3.56. The molecule has 0 fully saturated rings. The number of aromatic nitrogens is 2. The van der Waals surface area contributed by atoms with Gasteiger partial charge in [0.05, 0.1) is 17.9 Å². The molecule has 1 heterocycles. The lowest BCUT2D eigenvalue weighted by Gasteiger charge is -2.08. The van der Waals surface area contributed by atoms with E-state index < -0.39 is 0 Å². The number of rotatable bonds is 6. The number of hydrogen-bond donors (Lipinski definition) is 2. The maximum Gasteiger partial charge on any atom is 0.188 e. The summed E-state index contributed by atoms with van der Waals surface area (Å²) in [5, 5.41) is 7.79. The molecule has 2 rings (SSSR count). The summed E-state index contributed by atoms with van der Waals surface area (Å²) in [5.41, 5.74) is 10.2. The predicted molar refractivity (Wildman–Crippen MR) is 111 cm³/mol. The number of nitrogens with one attached hydrogen (secondary N) is 1. The summed E-state index contributed by atoms with van der Waals surface area (Å²) >= 11 is 0. The summed E-state index contributed by atoms with van der Waals surface area (Å²) in [6.45, 7) is 9.87. The van der Waals surface area contributed by atoms with Gasteiger partial charge in [-0.05, 0) is 38.3 Å². The fourth-order valence-electron chi connectivity index (χ4n) is 2.43. The fourth-order valence-corrected chi connectivity index (χ4v) is 2.43. The van der Waals surface area contributed by atoms with Crippen molar-refractivity contribution in [2.24, 2.45) is 16.6 Å². The molecule has 0 saturated carbocycles. The highest BCUT2D eigenvalue weighted by atomic mass is 127. The molecule has 132 valence electrons. The summed E-state index contributed by atoms with van der Waals surface area (Å²) in [6.07, 6.45) is 1.08. The SMILES string of the molecule is Cc1nn(-c2ccccc2)c(C)c1CN=C(N)NCCC(C)C.I. The Morgan fingerprint density at radius 3 is 2.54 bits per heavy atom. The molecule has 6 heteroatoms. The second kappa shape index (κ2) is 9.66. The van der Waals surface area contributed by atoms with Crippen LogP contribution in [0.1, 0.15) is 37.2 Å². The van der Waals surface area contributed by atoms with Crippen molar-refractivity contribution < 1.29 is 0 Å². The van der Waals surface area contributed by atoms with Crippen molar-refractivity contribution in [1.82, 2.24) is 15.1 Å². The van der Waals surface area contributed by atoms with Gasteiger partial charge in [0, 0.05) is 17.8 Å². The molecule has 2 aromatic rings. The van der Waals surface area contributed by atoms with Crippen LogP contribution in [0.4, 0.5) is 0 Å². The first-order chi connectivity index (χ1) is 11.0. The second-order valence-corrected chi connectivity index (χ2v) is 6.21. The number of guanidine groups is 1. The second-order valence-electron chi connectivity index (χ2n) is 6.21. The van der Waals surface area contributed by atoms with E-state index in [1.807, 2.05) is 41.9 Å². The zero-order chi connectivity index (χ0) is 16.8. The minimum absolute atomic E-state index is 0. The molecule has 0 radical (unpaired) electrons. The first kappa shape index (κ1) is 20.5. The lowest BCUT2D eigenvalue weighted by molar-refractivity contribution is 0.576. The maximum absolute atomic E-state index is 5.94. The third-order valence-electron chi connectivity index (χ3n) is 3.88. The molecule has 1 aromatic heterocycles. The first-order valence-corrected chi connectivity index (χ1v) is 8.13. The highest BCUT2D eigenvalue weighted by Crippen LogP contribution is 2.18. The number of nitrogens with two attached hydrogens (primary N) is 1. The zero-order valence-electron chi connectivity index (χ0n) is 14.9. The Bertz CT molecular complexity index is 662. The van der Waals surface area contributed by atoms with E-state index in [4.69, 9.17) is 5.73 Å². The van der Waals surface area contributed by atoms with E-state index in [9.17, 15) is 0 Å². The molecule has 0 atom stereocenters. The van der Waals surface area contributed by atoms with Gasteiger partial charge in [-0.25, -0.2) is 9.67 Å². The van der Waals surface area contributed by atoms with Crippen LogP contribution in [0.3, 0.4) is 0 Å². The zero-order valence-corrected chi connectivity index (χ0v) is 17.2. The van der Waals surface area contributed by atoms with Crippen molar-refractivity contribution >= 4 is 29.9 Å². The van der Waals surface area contributed by atoms with Crippen molar-refractivity contribution in [2.45, 2.75) is 40.7 Å². The van der Waals surface area contributed by atoms with Gasteiger partial charge in [0.15, 0.2) is 5.96 Å². The number of aliphatic imine (C=N–C) groups is 1. The maximum atomic E-state index is 5.94. The number of benzene rings is 1. The van der Waals surface area contributed by atoms with Crippen molar-refractivity contribution in [2.75, 3.05) is 6.54 Å². The van der Waals surface area contributed by atoms with E-state index in [1.165, 1.54) is 0 Å².